The second-order valence-corrected chi connectivity index (χ2v) is 10.9. The molecular formula is C15H24KNO2Si. The third-order valence-electron chi connectivity index (χ3n) is 3.44. The number of carboxylic acid groups (broad SMARTS) is 1. The first-order valence-electron chi connectivity index (χ1n) is 6.89. The van der Waals surface area contributed by atoms with Gasteiger partial charge in [0.15, 0.2) is 0 Å². The number of carbonyl (C=O) groups is 1. The van der Waals surface area contributed by atoms with E-state index in [0.717, 1.165) is 5.69 Å². The molecule has 0 radical (unpaired) electrons. The van der Waals surface area contributed by atoms with Crippen LogP contribution < -0.4 is 66.6 Å². The number of hydrogen-bond donors (Lipinski definition) is 0. The number of hydrogen-bond acceptors (Lipinski definition) is 3. The Morgan fingerprint density at radius 2 is 1.70 bits per heavy atom. The van der Waals surface area contributed by atoms with Crippen LogP contribution in [0.2, 0.25) is 19.6 Å². The molecular weight excluding hydrogens is 293 g/mol. The first-order valence-corrected chi connectivity index (χ1v) is 10.4. The molecule has 0 saturated heterocycles. The van der Waals surface area contributed by atoms with Crippen molar-refractivity contribution < 1.29 is 61.3 Å². The predicted molar refractivity (Wildman–Crippen MR) is 81.5 cm³/mol. The van der Waals surface area contributed by atoms with Crippen molar-refractivity contribution >= 4 is 24.9 Å². The molecule has 0 N–H and O–H groups in total. The molecule has 0 spiro atoms. The minimum atomic E-state index is -1.31. The summed E-state index contributed by atoms with van der Waals surface area (Å²) in [5.74, 6) is -1.00. The first kappa shape index (κ1) is 20.3. The van der Waals surface area contributed by atoms with E-state index in [1.165, 1.54) is 5.19 Å². The summed E-state index contributed by atoms with van der Waals surface area (Å²) in [7, 11) is -1.31. The fourth-order valence-electron chi connectivity index (χ4n) is 2.25. The van der Waals surface area contributed by atoms with Crippen LogP contribution in [0.5, 0.6) is 0 Å². The van der Waals surface area contributed by atoms with Crippen molar-refractivity contribution in [1.29, 1.82) is 0 Å². The molecule has 1 atom stereocenters. The second-order valence-electron chi connectivity index (χ2n) is 5.83. The molecule has 5 heteroatoms. The predicted octanol–water partition coefficient (Wildman–Crippen LogP) is -1.41. The van der Waals surface area contributed by atoms with Crippen LogP contribution in [0.3, 0.4) is 0 Å². The summed E-state index contributed by atoms with van der Waals surface area (Å²) in [6.45, 7) is 11.4. The first-order chi connectivity index (χ1) is 8.81. The van der Waals surface area contributed by atoms with Crippen molar-refractivity contribution in [2.45, 2.75) is 46.0 Å². The van der Waals surface area contributed by atoms with Gasteiger partial charge in [0, 0.05) is 12.2 Å². The third kappa shape index (κ3) is 5.27. The number of rotatable bonds is 6. The van der Waals surface area contributed by atoms with Crippen LogP contribution in [0.25, 0.3) is 0 Å². The van der Waals surface area contributed by atoms with E-state index in [0.29, 0.717) is 13.0 Å². The number of likely N-dealkylation sites (N-methyl/N-ethyl adjacent to an activating group) is 1. The molecule has 0 amide bonds. The Hall–Kier alpha value is 0.343. The van der Waals surface area contributed by atoms with Crippen molar-refractivity contribution in [1.82, 2.24) is 0 Å². The zero-order valence-electron chi connectivity index (χ0n) is 13.6. The summed E-state index contributed by atoms with van der Waals surface area (Å²) in [5.41, 5.74) is 0.959. The Labute approximate surface area is 166 Å². The summed E-state index contributed by atoms with van der Waals surface area (Å²) >= 11 is 0. The molecule has 0 fully saturated rings. The smallest absolute Gasteiger partial charge is 0.548 e. The van der Waals surface area contributed by atoms with Gasteiger partial charge in [-0.1, -0.05) is 43.9 Å². The number of aliphatic carboxylic acids is 1. The maximum atomic E-state index is 11.2. The monoisotopic (exact) mass is 317 g/mol. The Morgan fingerprint density at radius 1 is 1.20 bits per heavy atom. The molecule has 0 heterocycles. The van der Waals surface area contributed by atoms with Crippen LogP contribution >= 0.6 is 0 Å². The standard InChI is InChI=1S/C15H25NO2Si.K/c1-6-14(15(17)18)16(7-2)12-8-10-13(11-9-12)19(3,4)5;/h8-11,14H,6-7H2,1-5H3,(H,17,18);/q;+1/p-1. The Morgan fingerprint density at radius 3 is 2.00 bits per heavy atom. The number of anilines is 1. The molecule has 0 aromatic heterocycles. The quantitative estimate of drug-likeness (QED) is 0.606. The molecule has 106 valence electrons. The van der Waals surface area contributed by atoms with Gasteiger partial charge in [-0.25, -0.2) is 0 Å². The summed E-state index contributed by atoms with van der Waals surface area (Å²) in [6, 6.07) is 7.77. The van der Waals surface area contributed by atoms with Crippen LogP contribution in [-0.2, 0) is 4.79 Å². The normalized spacial score (nSPS) is 12.4. The average molecular weight is 318 g/mol. The minimum Gasteiger partial charge on any atom is -0.548 e. The Kier molecular flexibility index (Phi) is 8.85. The molecule has 20 heavy (non-hydrogen) atoms. The number of carboxylic acids is 1. The van der Waals surface area contributed by atoms with Gasteiger partial charge in [0.25, 0.3) is 0 Å². The van der Waals surface area contributed by atoms with Crippen LogP contribution in [-0.4, -0.2) is 26.6 Å². The SMILES string of the molecule is CCC(C(=O)[O-])N(CC)c1ccc([Si](C)(C)C)cc1.[K+]. The van der Waals surface area contributed by atoms with E-state index in [-0.39, 0.29) is 51.4 Å². The van der Waals surface area contributed by atoms with E-state index in [1.807, 2.05) is 30.9 Å². The van der Waals surface area contributed by atoms with Crippen LogP contribution in [0.4, 0.5) is 5.69 Å². The van der Waals surface area contributed by atoms with Gasteiger partial charge in [0.1, 0.15) is 0 Å². The molecule has 3 nitrogen and oxygen atoms in total. The van der Waals surface area contributed by atoms with E-state index < -0.39 is 20.1 Å². The van der Waals surface area contributed by atoms with Crippen molar-refractivity contribution in [2.75, 3.05) is 11.4 Å². The van der Waals surface area contributed by atoms with Crippen molar-refractivity contribution in [2.24, 2.45) is 0 Å². The zero-order chi connectivity index (χ0) is 14.6. The fourth-order valence-corrected chi connectivity index (χ4v) is 3.42. The topological polar surface area (TPSA) is 43.4 Å². The van der Waals surface area contributed by atoms with E-state index >= 15 is 0 Å². The molecule has 0 saturated carbocycles. The van der Waals surface area contributed by atoms with Gasteiger partial charge in [-0.15, -0.1) is 0 Å². The van der Waals surface area contributed by atoms with Gasteiger partial charge in [-0.3, -0.25) is 0 Å². The number of carbonyl (C=O) groups excluding carboxylic acids is 1. The molecule has 1 rings (SSSR count). The van der Waals surface area contributed by atoms with E-state index in [9.17, 15) is 9.90 Å². The summed E-state index contributed by atoms with van der Waals surface area (Å²) in [5, 5.41) is 12.6. The number of nitrogens with zero attached hydrogens (tertiary/aromatic N) is 1. The van der Waals surface area contributed by atoms with Crippen molar-refractivity contribution in [3.63, 3.8) is 0 Å². The van der Waals surface area contributed by atoms with Crippen LogP contribution in [0.15, 0.2) is 24.3 Å². The van der Waals surface area contributed by atoms with Gasteiger partial charge in [0.05, 0.1) is 20.1 Å². The average Bonchev–Trinajstić information content (AvgIpc) is 2.34. The second kappa shape index (κ2) is 8.71. The molecule has 0 aliphatic carbocycles. The maximum Gasteiger partial charge on any atom is 1.00 e. The molecule has 1 unspecified atom stereocenters. The third-order valence-corrected chi connectivity index (χ3v) is 5.51. The van der Waals surface area contributed by atoms with E-state index in [1.54, 1.807) is 0 Å². The van der Waals surface area contributed by atoms with Gasteiger partial charge >= 0.3 is 51.4 Å². The van der Waals surface area contributed by atoms with E-state index in [4.69, 9.17) is 0 Å². The van der Waals surface area contributed by atoms with Crippen LogP contribution in [0.1, 0.15) is 20.3 Å². The fraction of sp³-hybridized carbons (Fsp3) is 0.533. The van der Waals surface area contributed by atoms with Crippen molar-refractivity contribution in [3.05, 3.63) is 24.3 Å². The van der Waals surface area contributed by atoms with Crippen LogP contribution in [0, 0.1) is 0 Å². The maximum absolute atomic E-state index is 11.2. The Balaban J connectivity index is 0.00000361. The molecule has 0 aliphatic rings. The van der Waals surface area contributed by atoms with E-state index in [2.05, 4.69) is 31.8 Å². The van der Waals surface area contributed by atoms with Gasteiger partial charge in [-0.2, -0.15) is 0 Å². The largest absolute Gasteiger partial charge is 1.00 e. The molecule has 1 aromatic rings. The van der Waals surface area contributed by atoms with Gasteiger partial charge in [-0.05, 0) is 25.5 Å². The van der Waals surface area contributed by atoms with Gasteiger partial charge in [0.2, 0.25) is 0 Å². The molecule has 0 bridgehead atoms. The summed E-state index contributed by atoms with van der Waals surface area (Å²) in [4.78, 5) is 13.1. The minimum absolute atomic E-state index is 0. The zero-order valence-corrected chi connectivity index (χ0v) is 17.7. The summed E-state index contributed by atoms with van der Waals surface area (Å²) < 4.78 is 0. The molecule has 0 aliphatic heterocycles. The summed E-state index contributed by atoms with van der Waals surface area (Å²) in [6.07, 6.45) is 0.548. The van der Waals surface area contributed by atoms with Crippen molar-refractivity contribution in [3.8, 4) is 0 Å². The Bertz CT molecular complexity index is 428. The van der Waals surface area contributed by atoms with Gasteiger partial charge < -0.3 is 14.8 Å². The number of benzene rings is 1. The molecule has 1 aromatic carbocycles.